The highest BCUT2D eigenvalue weighted by Gasteiger charge is 2.24. The Bertz CT molecular complexity index is 791. The minimum absolute atomic E-state index is 0.0744. The molecule has 0 aliphatic rings. The molecule has 21 heavy (non-hydrogen) atoms. The molecule has 1 N–H and O–H groups in total. The van der Waals surface area contributed by atoms with E-state index in [1.54, 1.807) is 0 Å². The van der Waals surface area contributed by atoms with Crippen LogP contribution in [0.3, 0.4) is 0 Å². The quantitative estimate of drug-likeness (QED) is 0.781. The third kappa shape index (κ3) is 3.73. The zero-order valence-electron chi connectivity index (χ0n) is 10.5. The van der Waals surface area contributed by atoms with Gasteiger partial charge >= 0.3 is 5.97 Å². The van der Waals surface area contributed by atoms with Gasteiger partial charge in [0.15, 0.2) is 0 Å². The van der Waals surface area contributed by atoms with Crippen molar-refractivity contribution in [2.45, 2.75) is 4.90 Å². The maximum atomic E-state index is 12.3. The maximum absolute atomic E-state index is 12.3. The molecular weight excluding hydrogens is 404 g/mol. The Kier molecular flexibility index (Phi) is 4.87. The van der Waals surface area contributed by atoms with Gasteiger partial charge in [-0.1, -0.05) is 11.6 Å². The van der Waals surface area contributed by atoms with Crippen LogP contribution >= 0.6 is 38.9 Å². The lowest BCUT2D eigenvalue weighted by Crippen LogP contribution is -2.13. The summed E-state index contributed by atoms with van der Waals surface area (Å²) in [5.41, 5.74) is 0. The number of hydrogen-bond acceptors (Lipinski definition) is 6. The van der Waals surface area contributed by atoms with Crippen molar-refractivity contribution in [2.24, 2.45) is 0 Å². The van der Waals surface area contributed by atoms with E-state index < -0.39 is 16.0 Å². The Morgan fingerprint density at radius 3 is 2.81 bits per heavy atom. The molecule has 6 nitrogen and oxygen atoms in total. The predicted octanol–water partition coefficient (Wildman–Crippen LogP) is 3.15. The Labute approximate surface area is 138 Å². The van der Waals surface area contributed by atoms with Gasteiger partial charge in [0.05, 0.1) is 10.9 Å². The van der Waals surface area contributed by atoms with Gasteiger partial charge in [0.25, 0.3) is 10.0 Å². The Morgan fingerprint density at radius 1 is 1.48 bits per heavy atom. The van der Waals surface area contributed by atoms with Gasteiger partial charge in [0.1, 0.15) is 15.6 Å². The van der Waals surface area contributed by atoms with Gasteiger partial charge in [-0.05, 0) is 28.1 Å². The molecule has 2 aromatic heterocycles. The summed E-state index contributed by atoms with van der Waals surface area (Å²) < 4.78 is 31.7. The van der Waals surface area contributed by atoms with Crippen LogP contribution in [-0.2, 0) is 14.8 Å². The lowest BCUT2D eigenvalue weighted by molar-refractivity contribution is 0.0606. The summed E-state index contributed by atoms with van der Waals surface area (Å²) in [6.07, 6.45) is 1.38. The number of aromatic nitrogens is 1. The van der Waals surface area contributed by atoms with Crippen LogP contribution in [0.5, 0.6) is 0 Å². The van der Waals surface area contributed by atoms with Crippen LogP contribution < -0.4 is 4.72 Å². The highest BCUT2D eigenvalue weighted by molar-refractivity contribution is 9.11. The fourth-order valence-corrected chi connectivity index (χ4v) is 5.03. The lowest BCUT2D eigenvalue weighted by atomic mass is 10.5. The van der Waals surface area contributed by atoms with Crippen LogP contribution in [0.25, 0.3) is 0 Å². The molecule has 2 heterocycles. The summed E-state index contributed by atoms with van der Waals surface area (Å²) in [6, 6.07) is 4.13. The Balaban J connectivity index is 2.36. The number of sulfonamides is 1. The van der Waals surface area contributed by atoms with Crippen molar-refractivity contribution in [1.82, 2.24) is 4.98 Å². The summed E-state index contributed by atoms with van der Waals surface area (Å²) in [4.78, 5) is 15.4. The molecule has 0 saturated heterocycles. The highest BCUT2D eigenvalue weighted by Crippen LogP contribution is 2.33. The smallest absolute Gasteiger partial charge is 0.348 e. The first-order chi connectivity index (χ1) is 9.83. The number of ether oxygens (including phenoxy) is 1. The molecule has 2 rings (SSSR count). The van der Waals surface area contributed by atoms with Crippen molar-refractivity contribution in [3.8, 4) is 0 Å². The molecule has 0 radical (unpaired) electrons. The normalized spacial score (nSPS) is 11.2. The average molecular weight is 412 g/mol. The number of hydrogen-bond donors (Lipinski definition) is 1. The van der Waals surface area contributed by atoms with E-state index in [1.165, 1.54) is 31.5 Å². The van der Waals surface area contributed by atoms with Gasteiger partial charge in [-0.25, -0.2) is 18.2 Å². The summed E-state index contributed by atoms with van der Waals surface area (Å²) in [5.74, 6) is -0.525. The van der Waals surface area contributed by atoms with E-state index >= 15 is 0 Å². The van der Waals surface area contributed by atoms with Crippen LogP contribution in [0, 0.1) is 0 Å². The van der Waals surface area contributed by atoms with Crippen LogP contribution in [0.15, 0.2) is 33.1 Å². The standard InChI is InChI=1S/C11H8BrClN2O4S2/c1-19-11(16)7-5-8(10(12)20-7)21(17,18)15-9-4-6(13)2-3-14-9/h2-5H,1H3,(H,14,15). The van der Waals surface area contributed by atoms with Crippen molar-refractivity contribution in [3.63, 3.8) is 0 Å². The summed E-state index contributed by atoms with van der Waals surface area (Å²) in [6.45, 7) is 0. The van der Waals surface area contributed by atoms with E-state index in [-0.39, 0.29) is 19.4 Å². The topological polar surface area (TPSA) is 85.4 Å². The number of anilines is 1. The molecule has 0 aromatic carbocycles. The second kappa shape index (κ2) is 6.30. The lowest BCUT2D eigenvalue weighted by Gasteiger charge is -2.06. The SMILES string of the molecule is COC(=O)c1cc(S(=O)(=O)Nc2cc(Cl)ccn2)c(Br)s1. The molecule has 0 bridgehead atoms. The molecule has 0 fully saturated rings. The minimum Gasteiger partial charge on any atom is -0.465 e. The van der Waals surface area contributed by atoms with Crippen LogP contribution in [0.4, 0.5) is 5.82 Å². The second-order valence-electron chi connectivity index (χ2n) is 3.70. The molecule has 0 saturated carbocycles. The molecule has 0 spiro atoms. The van der Waals surface area contributed by atoms with Gasteiger partial charge in [-0.15, -0.1) is 11.3 Å². The van der Waals surface area contributed by atoms with E-state index in [1.807, 2.05) is 0 Å². The second-order valence-corrected chi connectivity index (χ2v) is 8.16. The molecule has 0 amide bonds. The first-order valence-corrected chi connectivity index (χ1v) is 8.82. The minimum atomic E-state index is -3.90. The van der Waals surface area contributed by atoms with Crippen molar-refractivity contribution in [3.05, 3.63) is 38.1 Å². The van der Waals surface area contributed by atoms with Gasteiger partial charge in [-0.3, -0.25) is 4.72 Å². The third-order valence-electron chi connectivity index (χ3n) is 2.29. The van der Waals surface area contributed by atoms with Crippen molar-refractivity contribution < 1.29 is 17.9 Å². The maximum Gasteiger partial charge on any atom is 0.348 e. The molecule has 0 aliphatic carbocycles. The fourth-order valence-electron chi connectivity index (χ4n) is 1.39. The zero-order valence-corrected chi connectivity index (χ0v) is 14.4. The van der Waals surface area contributed by atoms with E-state index in [0.29, 0.717) is 5.02 Å². The monoisotopic (exact) mass is 410 g/mol. The molecule has 10 heteroatoms. The van der Waals surface area contributed by atoms with Gasteiger partial charge in [-0.2, -0.15) is 0 Å². The summed E-state index contributed by atoms with van der Waals surface area (Å²) >= 11 is 9.86. The van der Waals surface area contributed by atoms with E-state index in [2.05, 4.69) is 30.4 Å². The highest BCUT2D eigenvalue weighted by atomic mass is 79.9. The number of carbonyl (C=O) groups excluding carboxylic acids is 1. The van der Waals surface area contributed by atoms with Crippen molar-refractivity contribution in [1.29, 1.82) is 0 Å². The first kappa shape index (κ1) is 16.2. The molecule has 112 valence electrons. The number of esters is 1. The van der Waals surface area contributed by atoms with Crippen LogP contribution in [0.1, 0.15) is 9.67 Å². The fraction of sp³-hybridized carbons (Fsp3) is 0.0909. The first-order valence-electron chi connectivity index (χ1n) is 5.35. The van der Waals surface area contributed by atoms with Crippen LogP contribution in [0.2, 0.25) is 5.02 Å². The van der Waals surface area contributed by atoms with Crippen LogP contribution in [-0.4, -0.2) is 26.5 Å². The summed E-state index contributed by atoms with van der Waals surface area (Å²) in [5, 5.41) is 0.349. The zero-order chi connectivity index (χ0) is 15.6. The number of nitrogens with one attached hydrogen (secondary N) is 1. The van der Waals surface area contributed by atoms with E-state index in [4.69, 9.17) is 11.6 Å². The van der Waals surface area contributed by atoms with Gasteiger partial charge in [0, 0.05) is 17.3 Å². The third-order valence-corrected chi connectivity index (χ3v) is 6.11. The average Bonchev–Trinajstić information content (AvgIpc) is 2.80. The molecule has 2 aromatic rings. The largest absolute Gasteiger partial charge is 0.465 e. The Morgan fingerprint density at radius 2 is 2.19 bits per heavy atom. The van der Waals surface area contributed by atoms with Crippen molar-refractivity contribution >= 4 is 60.7 Å². The van der Waals surface area contributed by atoms with Gasteiger partial charge in [0.2, 0.25) is 0 Å². The molecule has 0 unspecified atom stereocenters. The number of rotatable bonds is 4. The Hall–Kier alpha value is -1.16. The van der Waals surface area contributed by atoms with Gasteiger partial charge < -0.3 is 4.74 Å². The number of nitrogens with zero attached hydrogens (tertiary/aromatic N) is 1. The molecule has 0 atom stereocenters. The van der Waals surface area contributed by atoms with Crippen molar-refractivity contribution in [2.75, 3.05) is 11.8 Å². The molecule has 0 aliphatic heterocycles. The number of pyridine rings is 1. The van der Waals surface area contributed by atoms with E-state index in [0.717, 1.165) is 11.3 Å². The molecular formula is C11H8BrClN2O4S2. The number of thiophene rings is 1. The number of carbonyl (C=O) groups is 1. The predicted molar refractivity (Wildman–Crippen MR) is 83.4 cm³/mol. The summed E-state index contributed by atoms with van der Waals surface area (Å²) in [7, 11) is -2.68. The van der Waals surface area contributed by atoms with E-state index in [9.17, 15) is 13.2 Å². The number of halogens is 2. The number of methoxy groups -OCH3 is 1.